The molecule has 0 unspecified atom stereocenters. The maximum absolute atomic E-state index is 12.3. The monoisotopic (exact) mass is 415 g/mol. The molecule has 0 aliphatic rings. The van der Waals surface area contributed by atoms with Crippen LogP contribution in [0.25, 0.3) is 11.3 Å². The third-order valence-electron chi connectivity index (χ3n) is 4.27. The largest absolute Gasteiger partial charge is 0.497 e. The Labute approximate surface area is 169 Å². The van der Waals surface area contributed by atoms with Gasteiger partial charge in [0.15, 0.2) is 11.5 Å². The molecule has 1 aromatic heterocycles. The maximum Gasteiger partial charge on any atom is 0.273 e. The van der Waals surface area contributed by atoms with Gasteiger partial charge in [-0.3, -0.25) is 4.79 Å². The zero-order chi connectivity index (χ0) is 21.0. The van der Waals surface area contributed by atoms with Gasteiger partial charge in [-0.2, -0.15) is 0 Å². The van der Waals surface area contributed by atoms with Gasteiger partial charge in [-0.25, -0.2) is 12.7 Å². The number of ether oxygens (including phenoxy) is 1. The SMILES string of the molecule is COc1ccc(-c2cc(C(=O)NCc3ccc(S(=O)(=O)N(C)C)cc3)no2)cc1. The molecule has 0 fully saturated rings. The summed E-state index contributed by atoms with van der Waals surface area (Å²) in [6.07, 6.45) is 0. The van der Waals surface area contributed by atoms with Crippen LogP contribution in [0.15, 0.2) is 64.0 Å². The minimum atomic E-state index is -3.48. The van der Waals surface area contributed by atoms with Gasteiger partial charge >= 0.3 is 0 Å². The van der Waals surface area contributed by atoms with E-state index in [-0.39, 0.29) is 17.1 Å². The van der Waals surface area contributed by atoms with Gasteiger partial charge in [0.1, 0.15) is 5.75 Å². The van der Waals surface area contributed by atoms with Crippen LogP contribution < -0.4 is 10.1 Å². The first-order valence-corrected chi connectivity index (χ1v) is 10.2. The summed E-state index contributed by atoms with van der Waals surface area (Å²) in [6.45, 7) is 0.228. The van der Waals surface area contributed by atoms with E-state index in [4.69, 9.17) is 9.26 Å². The van der Waals surface area contributed by atoms with Gasteiger partial charge in [0.25, 0.3) is 5.91 Å². The van der Waals surface area contributed by atoms with Gasteiger partial charge in [0, 0.05) is 32.3 Å². The number of rotatable bonds is 7. The maximum atomic E-state index is 12.3. The number of carbonyl (C=O) groups excluding carboxylic acids is 1. The van der Waals surface area contributed by atoms with Crippen molar-refractivity contribution in [1.82, 2.24) is 14.8 Å². The predicted octanol–water partition coefficient (Wildman–Crippen LogP) is 2.53. The average Bonchev–Trinajstić information content (AvgIpc) is 3.22. The number of nitrogens with zero attached hydrogens (tertiary/aromatic N) is 2. The van der Waals surface area contributed by atoms with Crippen molar-refractivity contribution in [3.05, 3.63) is 65.9 Å². The van der Waals surface area contributed by atoms with Gasteiger partial charge in [0.05, 0.1) is 12.0 Å². The molecule has 29 heavy (non-hydrogen) atoms. The molecule has 0 radical (unpaired) electrons. The van der Waals surface area contributed by atoms with Crippen molar-refractivity contribution in [3.63, 3.8) is 0 Å². The molecule has 8 nitrogen and oxygen atoms in total. The van der Waals surface area contributed by atoms with Crippen LogP contribution in [0, 0.1) is 0 Å². The Morgan fingerprint density at radius 1 is 1.10 bits per heavy atom. The predicted molar refractivity (Wildman–Crippen MR) is 107 cm³/mol. The number of amides is 1. The number of methoxy groups -OCH3 is 1. The fourth-order valence-electron chi connectivity index (χ4n) is 2.54. The van der Waals surface area contributed by atoms with Gasteiger partial charge in [-0.15, -0.1) is 0 Å². The normalized spacial score (nSPS) is 11.4. The van der Waals surface area contributed by atoms with Crippen molar-refractivity contribution < 1.29 is 22.5 Å². The minimum absolute atomic E-state index is 0.155. The number of hydrogen-bond donors (Lipinski definition) is 1. The first-order chi connectivity index (χ1) is 13.8. The van der Waals surface area contributed by atoms with E-state index < -0.39 is 15.9 Å². The highest BCUT2D eigenvalue weighted by molar-refractivity contribution is 7.89. The number of sulfonamides is 1. The summed E-state index contributed by atoms with van der Waals surface area (Å²) in [4.78, 5) is 12.5. The Morgan fingerprint density at radius 2 is 1.76 bits per heavy atom. The van der Waals surface area contributed by atoms with Crippen molar-refractivity contribution in [2.24, 2.45) is 0 Å². The Bertz CT molecular complexity index is 1090. The fraction of sp³-hybridized carbons (Fsp3) is 0.200. The van der Waals surface area contributed by atoms with Crippen molar-refractivity contribution in [1.29, 1.82) is 0 Å². The topological polar surface area (TPSA) is 102 Å². The number of hydrogen-bond acceptors (Lipinski definition) is 6. The summed E-state index contributed by atoms with van der Waals surface area (Å²) in [5.41, 5.74) is 1.69. The lowest BCUT2D eigenvalue weighted by Crippen LogP contribution is -2.23. The second kappa shape index (κ2) is 8.46. The molecule has 3 aromatic rings. The zero-order valence-corrected chi connectivity index (χ0v) is 17.1. The zero-order valence-electron chi connectivity index (χ0n) is 16.2. The van der Waals surface area contributed by atoms with Gasteiger partial charge in [-0.1, -0.05) is 17.3 Å². The summed E-state index contributed by atoms with van der Waals surface area (Å²) < 4.78 is 35.7. The van der Waals surface area contributed by atoms with E-state index in [1.807, 2.05) is 12.1 Å². The highest BCUT2D eigenvalue weighted by Gasteiger charge is 2.17. The van der Waals surface area contributed by atoms with Crippen LogP contribution in [0.5, 0.6) is 5.75 Å². The summed E-state index contributed by atoms with van der Waals surface area (Å²) >= 11 is 0. The summed E-state index contributed by atoms with van der Waals surface area (Å²) in [5, 5.41) is 6.55. The second-order valence-electron chi connectivity index (χ2n) is 6.42. The molecular formula is C20H21N3O5S. The van der Waals surface area contributed by atoms with E-state index in [0.717, 1.165) is 21.2 Å². The van der Waals surface area contributed by atoms with Gasteiger partial charge in [-0.05, 0) is 42.0 Å². The van der Waals surface area contributed by atoms with Crippen LogP contribution in [-0.4, -0.2) is 45.0 Å². The molecule has 152 valence electrons. The molecule has 1 N–H and O–H groups in total. The van der Waals surface area contributed by atoms with Crippen LogP contribution in [0.4, 0.5) is 0 Å². The Hall–Kier alpha value is -3.17. The third-order valence-corrected chi connectivity index (χ3v) is 6.10. The van der Waals surface area contributed by atoms with Crippen molar-refractivity contribution in [3.8, 4) is 17.1 Å². The lowest BCUT2D eigenvalue weighted by molar-refractivity contribution is 0.0942. The van der Waals surface area contributed by atoms with E-state index in [9.17, 15) is 13.2 Å². The lowest BCUT2D eigenvalue weighted by atomic mass is 10.1. The molecule has 3 rings (SSSR count). The van der Waals surface area contributed by atoms with Crippen molar-refractivity contribution in [2.75, 3.05) is 21.2 Å². The van der Waals surface area contributed by atoms with Gasteiger partial charge < -0.3 is 14.6 Å². The first kappa shape index (κ1) is 20.6. The number of nitrogens with one attached hydrogen (secondary N) is 1. The Balaban J connectivity index is 1.63. The molecule has 1 amide bonds. The highest BCUT2D eigenvalue weighted by atomic mass is 32.2. The van der Waals surface area contributed by atoms with Gasteiger partial charge in [0.2, 0.25) is 10.0 Å². The third kappa shape index (κ3) is 4.64. The second-order valence-corrected chi connectivity index (χ2v) is 8.57. The van der Waals surface area contributed by atoms with Crippen LogP contribution in [0.1, 0.15) is 16.1 Å². The highest BCUT2D eigenvalue weighted by Crippen LogP contribution is 2.23. The first-order valence-electron chi connectivity index (χ1n) is 8.72. The molecule has 0 saturated carbocycles. The summed E-state index contributed by atoms with van der Waals surface area (Å²) in [5.74, 6) is 0.796. The molecule has 0 aliphatic carbocycles. The van der Waals surface area contributed by atoms with Crippen molar-refractivity contribution >= 4 is 15.9 Å². The Morgan fingerprint density at radius 3 is 2.34 bits per heavy atom. The summed E-state index contributed by atoms with van der Waals surface area (Å²) in [6, 6.07) is 15.1. The molecule has 0 atom stereocenters. The van der Waals surface area contributed by atoms with E-state index in [2.05, 4.69) is 10.5 Å². The minimum Gasteiger partial charge on any atom is -0.497 e. The smallest absolute Gasteiger partial charge is 0.273 e. The fourth-order valence-corrected chi connectivity index (χ4v) is 3.44. The van der Waals surface area contributed by atoms with E-state index in [1.54, 1.807) is 37.4 Å². The standard InChI is InChI=1S/C20H21N3O5S/c1-23(2)29(25,26)17-10-4-14(5-11-17)13-21-20(24)18-12-19(28-22-18)15-6-8-16(27-3)9-7-15/h4-12H,13H2,1-3H3,(H,21,24). The van der Waals surface area contributed by atoms with E-state index >= 15 is 0 Å². The average molecular weight is 415 g/mol. The molecule has 0 bridgehead atoms. The molecule has 0 saturated heterocycles. The molecule has 2 aromatic carbocycles. The molecular weight excluding hydrogens is 394 g/mol. The molecule has 0 spiro atoms. The van der Waals surface area contributed by atoms with Crippen LogP contribution in [-0.2, 0) is 16.6 Å². The lowest BCUT2D eigenvalue weighted by Gasteiger charge is -2.11. The van der Waals surface area contributed by atoms with Crippen LogP contribution in [0.2, 0.25) is 0 Å². The van der Waals surface area contributed by atoms with Crippen LogP contribution >= 0.6 is 0 Å². The number of carbonyl (C=O) groups is 1. The van der Waals surface area contributed by atoms with Crippen LogP contribution in [0.3, 0.4) is 0 Å². The number of aromatic nitrogens is 1. The molecule has 0 aliphatic heterocycles. The quantitative estimate of drug-likeness (QED) is 0.636. The molecule has 9 heteroatoms. The van der Waals surface area contributed by atoms with E-state index in [0.29, 0.717) is 5.76 Å². The van der Waals surface area contributed by atoms with Crippen molar-refractivity contribution in [2.45, 2.75) is 11.4 Å². The number of benzene rings is 2. The Kier molecular flexibility index (Phi) is 6.00. The van der Waals surface area contributed by atoms with E-state index in [1.165, 1.54) is 26.2 Å². The molecule has 1 heterocycles. The summed E-state index contributed by atoms with van der Waals surface area (Å²) in [7, 11) is 1.05.